The van der Waals surface area contributed by atoms with Crippen LogP contribution in [0.2, 0.25) is 0 Å². The molecule has 0 saturated heterocycles. The summed E-state index contributed by atoms with van der Waals surface area (Å²) in [6.07, 6.45) is -0.199. The van der Waals surface area contributed by atoms with Crippen molar-refractivity contribution in [3.05, 3.63) is 39.2 Å². The van der Waals surface area contributed by atoms with Gasteiger partial charge in [0.1, 0.15) is 11.3 Å². The molecule has 0 saturated carbocycles. The summed E-state index contributed by atoms with van der Waals surface area (Å²) < 4.78 is 11.1. The van der Waals surface area contributed by atoms with E-state index in [1.165, 1.54) is 0 Å². The number of aryl methyl sites for hydroxylation is 2. The van der Waals surface area contributed by atoms with Gasteiger partial charge in [0.05, 0.1) is 0 Å². The lowest BCUT2D eigenvalue weighted by molar-refractivity contribution is -0.127. The molecule has 130 valence electrons. The molecular formula is C18H23NO5. The van der Waals surface area contributed by atoms with Crippen LogP contribution in [0, 0.1) is 20.8 Å². The Morgan fingerprint density at radius 3 is 2.62 bits per heavy atom. The highest BCUT2D eigenvalue weighted by molar-refractivity contribution is 5.86. The van der Waals surface area contributed by atoms with E-state index in [1.807, 2.05) is 13.0 Å². The molecule has 1 unspecified atom stereocenters. The molecular weight excluding hydrogens is 310 g/mol. The van der Waals surface area contributed by atoms with Crippen LogP contribution in [0.15, 0.2) is 21.3 Å². The van der Waals surface area contributed by atoms with E-state index < -0.39 is 6.10 Å². The summed E-state index contributed by atoms with van der Waals surface area (Å²) in [5.74, 6) is 0.239. The monoisotopic (exact) mass is 333 g/mol. The highest BCUT2D eigenvalue weighted by Gasteiger charge is 2.18. The quantitative estimate of drug-likeness (QED) is 0.623. The van der Waals surface area contributed by atoms with Gasteiger partial charge in [-0.05, 0) is 51.8 Å². The minimum absolute atomic E-state index is 0.0249. The van der Waals surface area contributed by atoms with Gasteiger partial charge in [-0.25, -0.2) is 4.79 Å². The van der Waals surface area contributed by atoms with Crippen LogP contribution in [0.1, 0.15) is 30.0 Å². The first-order valence-electron chi connectivity index (χ1n) is 7.95. The van der Waals surface area contributed by atoms with Crippen molar-refractivity contribution in [3.8, 4) is 5.75 Å². The van der Waals surface area contributed by atoms with Gasteiger partial charge in [-0.3, -0.25) is 4.79 Å². The van der Waals surface area contributed by atoms with Gasteiger partial charge >= 0.3 is 5.63 Å². The predicted molar refractivity (Wildman–Crippen MR) is 91.5 cm³/mol. The Morgan fingerprint density at radius 2 is 1.96 bits per heavy atom. The summed E-state index contributed by atoms with van der Waals surface area (Å²) in [7, 11) is 0. The number of benzene rings is 1. The van der Waals surface area contributed by atoms with Gasteiger partial charge in [0.2, 0.25) is 0 Å². The molecule has 1 aromatic heterocycles. The number of nitrogens with one attached hydrogen (secondary N) is 1. The van der Waals surface area contributed by atoms with Crippen molar-refractivity contribution < 1.29 is 19.1 Å². The Hall–Kier alpha value is -2.34. The van der Waals surface area contributed by atoms with Crippen molar-refractivity contribution in [1.29, 1.82) is 0 Å². The third-order valence-corrected chi connectivity index (χ3v) is 4.13. The molecule has 0 aliphatic rings. The van der Waals surface area contributed by atoms with Crippen LogP contribution in [0.25, 0.3) is 11.0 Å². The number of ether oxygens (including phenoxy) is 1. The molecule has 1 aromatic carbocycles. The fraction of sp³-hybridized carbons (Fsp3) is 0.444. The maximum atomic E-state index is 12.0. The summed E-state index contributed by atoms with van der Waals surface area (Å²) in [4.78, 5) is 23.9. The van der Waals surface area contributed by atoms with Crippen molar-refractivity contribution in [2.45, 2.75) is 40.2 Å². The zero-order valence-corrected chi connectivity index (χ0v) is 14.4. The van der Waals surface area contributed by atoms with Crippen molar-refractivity contribution >= 4 is 16.9 Å². The van der Waals surface area contributed by atoms with E-state index >= 15 is 0 Å². The normalized spacial score (nSPS) is 12.2. The number of amides is 1. The molecule has 0 spiro atoms. The van der Waals surface area contributed by atoms with Crippen LogP contribution < -0.4 is 15.7 Å². The molecule has 0 aliphatic carbocycles. The van der Waals surface area contributed by atoms with Crippen LogP contribution in [0.4, 0.5) is 0 Å². The smallest absolute Gasteiger partial charge is 0.339 e. The highest BCUT2D eigenvalue weighted by Crippen LogP contribution is 2.29. The molecule has 2 aromatic rings. The van der Waals surface area contributed by atoms with E-state index in [4.69, 9.17) is 14.3 Å². The molecule has 1 heterocycles. The van der Waals surface area contributed by atoms with Gasteiger partial charge in [-0.1, -0.05) is 0 Å². The van der Waals surface area contributed by atoms with Gasteiger partial charge in [0, 0.05) is 29.7 Å². The third-order valence-electron chi connectivity index (χ3n) is 4.13. The zero-order chi connectivity index (χ0) is 17.9. The molecule has 2 rings (SSSR count). The number of aliphatic hydroxyl groups excluding tert-OH is 1. The average molecular weight is 333 g/mol. The van der Waals surface area contributed by atoms with E-state index in [0.29, 0.717) is 35.4 Å². The largest absolute Gasteiger partial charge is 0.480 e. The Morgan fingerprint density at radius 1 is 1.25 bits per heavy atom. The lowest BCUT2D eigenvalue weighted by Crippen LogP contribution is -2.37. The minimum Gasteiger partial charge on any atom is -0.480 e. The number of hydrogen-bond acceptors (Lipinski definition) is 5. The Bertz CT molecular complexity index is 809. The van der Waals surface area contributed by atoms with Crippen LogP contribution in [-0.4, -0.2) is 30.3 Å². The maximum Gasteiger partial charge on any atom is 0.339 e. The van der Waals surface area contributed by atoms with Crippen LogP contribution in [0.3, 0.4) is 0 Å². The molecule has 2 N–H and O–H groups in total. The number of carbonyl (C=O) groups is 1. The number of fused-ring (bicyclic) bond motifs is 1. The van der Waals surface area contributed by atoms with Crippen LogP contribution in [0.5, 0.6) is 5.75 Å². The fourth-order valence-corrected chi connectivity index (χ4v) is 2.43. The molecule has 1 atom stereocenters. The molecule has 0 aliphatic heterocycles. The maximum absolute atomic E-state index is 12.0. The highest BCUT2D eigenvalue weighted by atomic mass is 16.5. The van der Waals surface area contributed by atoms with Crippen molar-refractivity contribution in [2.75, 3.05) is 13.2 Å². The van der Waals surface area contributed by atoms with Crippen LogP contribution in [-0.2, 0) is 4.79 Å². The second kappa shape index (κ2) is 7.49. The van der Waals surface area contributed by atoms with E-state index in [2.05, 4.69) is 5.32 Å². The summed E-state index contributed by atoms with van der Waals surface area (Å²) >= 11 is 0. The average Bonchev–Trinajstić information content (AvgIpc) is 2.56. The van der Waals surface area contributed by atoms with Gasteiger partial charge in [0.15, 0.2) is 6.10 Å². The van der Waals surface area contributed by atoms with Gasteiger partial charge < -0.3 is 19.6 Å². The number of rotatable bonds is 6. The summed E-state index contributed by atoms with van der Waals surface area (Å²) in [5, 5.41) is 12.3. The lowest BCUT2D eigenvalue weighted by Gasteiger charge is -2.17. The summed E-state index contributed by atoms with van der Waals surface area (Å²) in [6.45, 7) is 7.48. The summed E-state index contributed by atoms with van der Waals surface area (Å²) in [5.41, 5.74) is 2.27. The van der Waals surface area contributed by atoms with Crippen molar-refractivity contribution in [1.82, 2.24) is 5.32 Å². The topological polar surface area (TPSA) is 88.8 Å². The predicted octanol–water partition coefficient (Wildman–Crippen LogP) is 1.98. The number of aliphatic hydroxyl groups is 1. The number of carbonyl (C=O) groups excluding carboxylic acids is 1. The minimum atomic E-state index is -0.696. The Labute approximate surface area is 140 Å². The van der Waals surface area contributed by atoms with Gasteiger partial charge in [-0.2, -0.15) is 0 Å². The Balaban J connectivity index is 2.27. The van der Waals surface area contributed by atoms with E-state index in [1.54, 1.807) is 26.8 Å². The van der Waals surface area contributed by atoms with Gasteiger partial charge in [0.25, 0.3) is 5.91 Å². The molecule has 24 heavy (non-hydrogen) atoms. The van der Waals surface area contributed by atoms with Crippen LogP contribution >= 0.6 is 0 Å². The van der Waals surface area contributed by atoms with Crippen molar-refractivity contribution in [3.63, 3.8) is 0 Å². The fourth-order valence-electron chi connectivity index (χ4n) is 2.43. The number of hydrogen-bond donors (Lipinski definition) is 2. The van der Waals surface area contributed by atoms with E-state index in [-0.39, 0.29) is 18.1 Å². The molecule has 1 amide bonds. The van der Waals surface area contributed by atoms with Gasteiger partial charge in [-0.15, -0.1) is 0 Å². The van der Waals surface area contributed by atoms with E-state index in [0.717, 1.165) is 10.9 Å². The SMILES string of the molecule is Cc1c(C)c2ccc(OC(C)C(=O)NCCCO)c(C)c2oc1=O. The molecule has 6 nitrogen and oxygen atoms in total. The summed E-state index contributed by atoms with van der Waals surface area (Å²) in [6, 6.07) is 3.61. The second-order valence-corrected chi connectivity index (χ2v) is 5.83. The van der Waals surface area contributed by atoms with E-state index in [9.17, 15) is 9.59 Å². The second-order valence-electron chi connectivity index (χ2n) is 5.83. The molecule has 6 heteroatoms. The molecule has 0 bridgehead atoms. The van der Waals surface area contributed by atoms with Crippen molar-refractivity contribution in [2.24, 2.45) is 0 Å². The first-order chi connectivity index (χ1) is 11.4. The Kier molecular flexibility index (Phi) is 5.62. The molecule has 0 fully saturated rings. The first kappa shape index (κ1) is 18.0. The lowest BCUT2D eigenvalue weighted by atomic mass is 10.0. The first-order valence-corrected chi connectivity index (χ1v) is 7.95. The third kappa shape index (κ3) is 3.59. The molecule has 0 radical (unpaired) electrons. The standard InChI is InChI=1S/C18H23NO5/c1-10-11(2)18(22)24-16-12(3)15(7-6-14(10)16)23-13(4)17(21)19-8-5-9-20/h6-7,13,20H,5,8-9H2,1-4H3,(H,19,21). The zero-order valence-electron chi connectivity index (χ0n) is 14.4.